The van der Waals surface area contributed by atoms with Crippen molar-refractivity contribution >= 4 is 5.91 Å². The van der Waals surface area contributed by atoms with Crippen LogP contribution in [0, 0.1) is 11.3 Å². The molecular formula is C29H46N2O4. The molecule has 0 spiro atoms. The number of nitrogens with zero attached hydrogens (tertiary/aromatic N) is 1. The van der Waals surface area contributed by atoms with E-state index >= 15 is 0 Å². The van der Waals surface area contributed by atoms with Crippen molar-refractivity contribution in [3.63, 3.8) is 0 Å². The van der Waals surface area contributed by atoms with Gasteiger partial charge in [-0.2, -0.15) is 0 Å². The molecule has 3 aliphatic rings. The Morgan fingerprint density at radius 3 is 2.66 bits per heavy atom. The number of nitrogens with one attached hydrogen (secondary N) is 1. The molecule has 1 saturated carbocycles. The van der Waals surface area contributed by atoms with Crippen LogP contribution in [0.3, 0.4) is 0 Å². The lowest BCUT2D eigenvalue weighted by molar-refractivity contribution is -0.123. The lowest BCUT2D eigenvalue weighted by atomic mass is 9.64. The summed E-state index contributed by atoms with van der Waals surface area (Å²) in [6.45, 7) is 8.35. The fourth-order valence-corrected chi connectivity index (χ4v) is 6.64. The molecule has 35 heavy (non-hydrogen) atoms. The number of ether oxygens (including phenoxy) is 2. The summed E-state index contributed by atoms with van der Waals surface area (Å²) in [5, 5.41) is 14.6. The molecule has 0 radical (unpaired) electrons. The minimum Gasteiger partial charge on any atom is -0.486 e. The van der Waals surface area contributed by atoms with Crippen LogP contribution in [0.2, 0.25) is 0 Å². The number of amides is 1. The summed E-state index contributed by atoms with van der Waals surface area (Å²) in [7, 11) is 0. The van der Waals surface area contributed by atoms with Crippen LogP contribution < -0.4 is 14.8 Å². The van der Waals surface area contributed by atoms with E-state index in [-0.39, 0.29) is 11.9 Å². The fraction of sp³-hybridized carbons (Fsp3) is 0.759. The lowest BCUT2D eigenvalue weighted by Crippen LogP contribution is -2.47. The van der Waals surface area contributed by atoms with Gasteiger partial charge < -0.3 is 24.8 Å². The molecule has 1 aliphatic carbocycles. The Bertz CT molecular complexity index is 821. The van der Waals surface area contributed by atoms with Gasteiger partial charge in [0.05, 0.1) is 6.04 Å². The monoisotopic (exact) mass is 486 g/mol. The third-order valence-electron chi connectivity index (χ3n) is 8.57. The first kappa shape index (κ1) is 26.3. The van der Waals surface area contributed by atoms with E-state index in [2.05, 4.69) is 24.1 Å². The number of carbonyl (C=O) groups excluding carboxylic acids is 1. The zero-order valence-electron chi connectivity index (χ0n) is 21.9. The fourth-order valence-electron chi connectivity index (χ4n) is 6.64. The molecular weight excluding hydrogens is 440 g/mol. The highest BCUT2D eigenvalue weighted by atomic mass is 16.6. The highest BCUT2D eigenvalue weighted by Crippen LogP contribution is 2.47. The van der Waals surface area contributed by atoms with Crippen molar-refractivity contribution in [2.45, 2.75) is 96.6 Å². The van der Waals surface area contributed by atoms with Crippen molar-refractivity contribution in [1.29, 1.82) is 0 Å². The van der Waals surface area contributed by atoms with E-state index in [4.69, 9.17) is 9.47 Å². The van der Waals surface area contributed by atoms with E-state index in [9.17, 15) is 9.90 Å². The summed E-state index contributed by atoms with van der Waals surface area (Å²) in [6.07, 6.45) is 11.9. The highest BCUT2D eigenvalue weighted by Gasteiger charge is 2.36. The van der Waals surface area contributed by atoms with E-state index in [0.29, 0.717) is 43.1 Å². The van der Waals surface area contributed by atoms with Crippen molar-refractivity contribution in [3.8, 4) is 11.5 Å². The number of aliphatic hydroxyl groups is 1. The van der Waals surface area contributed by atoms with Gasteiger partial charge in [0.25, 0.3) is 0 Å². The van der Waals surface area contributed by atoms with Crippen LogP contribution >= 0.6 is 0 Å². The van der Waals surface area contributed by atoms with Gasteiger partial charge >= 0.3 is 0 Å². The number of hydrogen-bond donors (Lipinski definition) is 2. The third-order valence-corrected chi connectivity index (χ3v) is 8.57. The lowest BCUT2D eigenvalue weighted by Gasteiger charge is -2.41. The Morgan fingerprint density at radius 1 is 1.14 bits per heavy atom. The van der Waals surface area contributed by atoms with Crippen molar-refractivity contribution < 1.29 is 19.4 Å². The molecule has 2 N–H and O–H groups in total. The molecule has 6 heteroatoms. The van der Waals surface area contributed by atoms with Gasteiger partial charge in [0.1, 0.15) is 19.3 Å². The normalized spacial score (nSPS) is 26.3. The molecule has 2 fully saturated rings. The van der Waals surface area contributed by atoms with Crippen LogP contribution in [0.25, 0.3) is 0 Å². The van der Waals surface area contributed by atoms with Crippen LogP contribution in [0.4, 0.5) is 0 Å². The van der Waals surface area contributed by atoms with Crippen LogP contribution in [0.1, 0.15) is 96.1 Å². The molecule has 0 bridgehead atoms. The van der Waals surface area contributed by atoms with Crippen LogP contribution in [0.15, 0.2) is 18.2 Å². The molecule has 0 aromatic heterocycles. The van der Waals surface area contributed by atoms with E-state index in [0.717, 1.165) is 31.0 Å². The second kappa shape index (κ2) is 12.4. The standard InChI is InChI=1S/C29H46N2O4/c1-3-12-29(13-7-8-22(4-2)20-29)14-11-27(32)30-24(21-31-15-5-6-16-31)28(33)23-9-10-25-26(19-23)35-18-17-34-25/h9-10,19,22,24,28,33H,3-8,11-18,20-21H2,1-2H3,(H,30,32)/t22?,24-,28-,29?/m1/s1. The summed E-state index contributed by atoms with van der Waals surface area (Å²) < 4.78 is 11.4. The second-order valence-corrected chi connectivity index (χ2v) is 11.2. The maximum Gasteiger partial charge on any atom is 0.220 e. The van der Waals surface area contributed by atoms with Gasteiger partial charge in [-0.25, -0.2) is 0 Å². The molecule has 2 unspecified atom stereocenters. The van der Waals surface area contributed by atoms with Gasteiger partial charge in [-0.1, -0.05) is 45.6 Å². The van der Waals surface area contributed by atoms with Crippen molar-refractivity contribution in [3.05, 3.63) is 23.8 Å². The molecule has 2 heterocycles. The largest absolute Gasteiger partial charge is 0.486 e. The Morgan fingerprint density at radius 2 is 1.91 bits per heavy atom. The molecule has 4 rings (SSSR count). The SMILES string of the molecule is CCCC1(CCC(=O)N[C@H](CN2CCCC2)[C@H](O)c2ccc3c(c2)OCCO3)CCCC(CC)C1. The molecule has 1 amide bonds. The number of hydrogen-bond acceptors (Lipinski definition) is 5. The molecule has 1 saturated heterocycles. The molecule has 1 aromatic rings. The van der Waals surface area contributed by atoms with Crippen LogP contribution in [-0.2, 0) is 4.79 Å². The van der Waals surface area contributed by atoms with Gasteiger partial charge in [0.15, 0.2) is 11.5 Å². The van der Waals surface area contributed by atoms with Gasteiger partial charge in [-0.3, -0.25) is 4.79 Å². The number of benzene rings is 1. The van der Waals surface area contributed by atoms with Crippen molar-refractivity contribution in [2.75, 3.05) is 32.8 Å². The first-order valence-electron chi connectivity index (χ1n) is 14.1. The molecule has 4 atom stereocenters. The predicted molar refractivity (Wildman–Crippen MR) is 139 cm³/mol. The number of rotatable bonds is 11. The molecule has 6 nitrogen and oxygen atoms in total. The van der Waals surface area contributed by atoms with Gasteiger partial charge in [0, 0.05) is 13.0 Å². The predicted octanol–water partition coefficient (Wildman–Crippen LogP) is 5.24. The zero-order valence-corrected chi connectivity index (χ0v) is 21.9. The quantitative estimate of drug-likeness (QED) is 0.448. The second-order valence-electron chi connectivity index (χ2n) is 11.2. The minimum atomic E-state index is -0.792. The van der Waals surface area contributed by atoms with E-state index in [1.165, 1.54) is 57.8 Å². The number of aliphatic hydroxyl groups excluding tert-OH is 1. The smallest absolute Gasteiger partial charge is 0.220 e. The molecule has 1 aromatic carbocycles. The highest BCUT2D eigenvalue weighted by molar-refractivity contribution is 5.76. The van der Waals surface area contributed by atoms with Crippen LogP contribution in [0.5, 0.6) is 11.5 Å². The Balaban J connectivity index is 1.42. The van der Waals surface area contributed by atoms with E-state index < -0.39 is 6.10 Å². The first-order chi connectivity index (χ1) is 17.0. The average molecular weight is 487 g/mol. The molecule has 196 valence electrons. The maximum atomic E-state index is 13.3. The maximum absolute atomic E-state index is 13.3. The molecule has 2 aliphatic heterocycles. The first-order valence-corrected chi connectivity index (χ1v) is 14.1. The summed E-state index contributed by atoms with van der Waals surface area (Å²) in [6, 6.07) is 5.28. The zero-order chi connectivity index (χ0) is 24.7. The van der Waals surface area contributed by atoms with Gasteiger partial charge in [-0.05, 0) is 80.6 Å². The summed E-state index contributed by atoms with van der Waals surface area (Å²) in [5.74, 6) is 2.26. The topological polar surface area (TPSA) is 71.0 Å². The Hall–Kier alpha value is -1.79. The summed E-state index contributed by atoms with van der Waals surface area (Å²) in [5.41, 5.74) is 1.07. The van der Waals surface area contributed by atoms with Crippen molar-refractivity contribution in [2.24, 2.45) is 11.3 Å². The van der Waals surface area contributed by atoms with Gasteiger partial charge in [-0.15, -0.1) is 0 Å². The van der Waals surface area contributed by atoms with Crippen LogP contribution in [-0.4, -0.2) is 54.8 Å². The third kappa shape index (κ3) is 6.91. The summed E-state index contributed by atoms with van der Waals surface area (Å²) in [4.78, 5) is 15.6. The Labute approximate surface area is 211 Å². The number of likely N-dealkylation sites (tertiary alicyclic amines) is 1. The Kier molecular flexibility index (Phi) is 9.34. The number of carbonyl (C=O) groups is 1. The number of fused-ring (bicyclic) bond motifs is 1. The van der Waals surface area contributed by atoms with Gasteiger partial charge in [0.2, 0.25) is 5.91 Å². The van der Waals surface area contributed by atoms with E-state index in [1.54, 1.807) is 0 Å². The van der Waals surface area contributed by atoms with Crippen molar-refractivity contribution in [1.82, 2.24) is 10.2 Å². The minimum absolute atomic E-state index is 0.0693. The van der Waals surface area contributed by atoms with E-state index in [1.807, 2.05) is 18.2 Å². The average Bonchev–Trinajstić information content (AvgIpc) is 3.40. The summed E-state index contributed by atoms with van der Waals surface area (Å²) >= 11 is 0.